The van der Waals surface area contributed by atoms with E-state index in [-0.39, 0.29) is 5.91 Å². The van der Waals surface area contributed by atoms with Crippen LogP contribution in [0.1, 0.15) is 19.8 Å². The molecular weight excluding hydrogens is 328 g/mol. The number of thioether (sulfide) groups is 1. The number of hydrogen-bond donors (Lipinski definition) is 1. The van der Waals surface area contributed by atoms with Crippen LogP contribution in [0.3, 0.4) is 0 Å². The molecule has 2 aromatic carbocycles. The first-order valence-corrected chi connectivity index (χ1v) is 8.83. The van der Waals surface area contributed by atoms with E-state index in [9.17, 15) is 4.79 Å². The Labute approximate surface area is 144 Å². The number of rotatable bonds is 4. The molecule has 5 heteroatoms. The topological polar surface area (TPSA) is 41.5 Å². The van der Waals surface area contributed by atoms with Crippen molar-refractivity contribution in [1.82, 2.24) is 5.32 Å². The Morgan fingerprint density at radius 1 is 1.22 bits per heavy atom. The van der Waals surface area contributed by atoms with Gasteiger partial charge < -0.3 is 5.32 Å². The van der Waals surface area contributed by atoms with E-state index in [0.29, 0.717) is 21.7 Å². The lowest BCUT2D eigenvalue weighted by Gasteiger charge is -2.09. The maximum absolute atomic E-state index is 12.7. The minimum Gasteiger partial charge on any atom is -0.352 e. The smallest absolute Gasteiger partial charge is 0.258 e. The molecule has 0 fully saturated rings. The highest BCUT2D eigenvalue weighted by molar-refractivity contribution is 8.09. The molecule has 0 saturated heterocycles. The maximum Gasteiger partial charge on any atom is 0.258 e. The third-order valence-electron chi connectivity index (χ3n) is 3.56. The number of nitrogens with zero attached hydrogens (tertiary/aromatic N) is 1. The predicted molar refractivity (Wildman–Crippen MR) is 95.5 cm³/mol. The summed E-state index contributed by atoms with van der Waals surface area (Å²) in [5, 5.41) is 4.98. The SMILES string of the molecule is CCCCNC(=O)C1=c2c(Cl)cccc2=Nc2ccccc2S1. The first-order valence-electron chi connectivity index (χ1n) is 7.63. The van der Waals surface area contributed by atoms with Gasteiger partial charge in [0.1, 0.15) is 0 Å². The lowest BCUT2D eigenvalue weighted by Crippen LogP contribution is -2.34. The van der Waals surface area contributed by atoms with E-state index >= 15 is 0 Å². The summed E-state index contributed by atoms with van der Waals surface area (Å²) in [5.74, 6) is -0.0929. The number of hydrogen-bond acceptors (Lipinski definition) is 3. The largest absolute Gasteiger partial charge is 0.352 e. The Morgan fingerprint density at radius 3 is 2.87 bits per heavy atom. The van der Waals surface area contributed by atoms with Crippen LogP contribution < -0.4 is 15.9 Å². The summed E-state index contributed by atoms with van der Waals surface area (Å²) in [6.45, 7) is 2.76. The molecular formula is C18H17ClN2OS. The number of halogens is 1. The van der Waals surface area contributed by atoms with Crippen molar-refractivity contribution in [2.45, 2.75) is 24.7 Å². The van der Waals surface area contributed by atoms with Crippen molar-refractivity contribution in [1.29, 1.82) is 0 Å². The van der Waals surface area contributed by atoms with Gasteiger partial charge in [-0.15, -0.1) is 0 Å². The van der Waals surface area contributed by atoms with Gasteiger partial charge >= 0.3 is 0 Å². The van der Waals surface area contributed by atoms with Crippen LogP contribution in [0.5, 0.6) is 0 Å². The second-order valence-electron chi connectivity index (χ2n) is 5.25. The molecule has 0 bridgehead atoms. The average molecular weight is 345 g/mol. The summed E-state index contributed by atoms with van der Waals surface area (Å²) in [4.78, 5) is 18.9. The highest BCUT2D eigenvalue weighted by atomic mass is 35.5. The third kappa shape index (κ3) is 3.43. The monoisotopic (exact) mass is 344 g/mol. The number of nitrogens with one attached hydrogen (secondary N) is 1. The minimum absolute atomic E-state index is 0.0929. The Kier molecular flexibility index (Phi) is 5.03. The average Bonchev–Trinajstić information content (AvgIpc) is 2.72. The number of amides is 1. The zero-order valence-corrected chi connectivity index (χ0v) is 14.4. The number of unbranched alkanes of at least 4 members (excludes halogenated alkanes) is 1. The van der Waals surface area contributed by atoms with Crippen molar-refractivity contribution in [2.24, 2.45) is 4.99 Å². The lowest BCUT2D eigenvalue weighted by molar-refractivity contribution is -0.115. The fourth-order valence-corrected chi connectivity index (χ4v) is 3.76. The highest BCUT2D eigenvalue weighted by Gasteiger charge is 2.18. The summed E-state index contributed by atoms with van der Waals surface area (Å²) in [5.41, 5.74) is 0.859. The van der Waals surface area contributed by atoms with E-state index in [1.807, 2.05) is 36.4 Å². The van der Waals surface area contributed by atoms with E-state index in [4.69, 9.17) is 11.6 Å². The summed E-state index contributed by atoms with van der Waals surface area (Å²) >= 11 is 7.81. The highest BCUT2D eigenvalue weighted by Crippen LogP contribution is 2.35. The molecule has 0 radical (unpaired) electrons. The first-order chi connectivity index (χ1) is 11.2. The van der Waals surface area contributed by atoms with Crippen molar-refractivity contribution in [3.8, 4) is 0 Å². The van der Waals surface area contributed by atoms with E-state index in [2.05, 4.69) is 17.2 Å². The molecule has 1 N–H and O–H groups in total. The van der Waals surface area contributed by atoms with Gasteiger partial charge in [0.25, 0.3) is 5.91 Å². The van der Waals surface area contributed by atoms with Crippen LogP contribution in [0.2, 0.25) is 5.02 Å². The molecule has 1 aliphatic rings. The van der Waals surface area contributed by atoms with Crippen molar-refractivity contribution in [3.05, 3.63) is 58.1 Å². The number of benzene rings is 2. The predicted octanol–water partition coefficient (Wildman–Crippen LogP) is 3.42. The molecule has 118 valence electrons. The molecule has 1 amide bonds. The van der Waals surface area contributed by atoms with Gasteiger partial charge in [0, 0.05) is 16.7 Å². The number of fused-ring (bicyclic) bond motifs is 2. The van der Waals surface area contributed by atoms with Gasteiger partial charge in [0.15, 0.2) is 0 Å². The zero-order chi connectivity index (χ0) is 16.2. The number of para-hydroxylation sites is 1. The lowest BCUT2D eigenvalue weighted by atomic mass is 10.2. The molecule has 23 heavy (non-hydrogen) atoms. The summed E-state index contributed by atoms with van der Waals surface area (Å²) in [6, 6.07) is 13.4. The van der Waals surface area contributed by atoms with Gasteiger partial charge in [-0.25, -0.2) is 4.99 Å². The molecule has 0 aliphatic carbocycles. The third-order valence-corrected chi connectivity index (χ3v) is 5.03. The normalized spacial score (nSPS) is 12.7. The van der Waals surface area contributed by atoms with Crippen molar-refractivity contribution in [2.75, 3.05) is 6.54 Å². The fourth-order valence-electron chi connectivity index (χ4n) is 2.38. The zero-order valence-electron chi connectivity index (χ0n) is 12.8. The second-order valence-corrected chi connectivity index (χ2v) is 6.71. The van der Waals surface area contributed by atoms with Crippen molar-refractivity contribution >= 4 is 39.9 Å². The number of carbonyl (C=O) groups excluding carboxylic acids is 1. The van der Waals surface area contributed by atoms with E-state index in [0.717, 1.165) is 28.8 Å². The first kappa shape index (κ1) is 16.1. The molecule has 0 saturated carbocycles. The van der Waals surface area contributed by atoms with Crippen LogP contribution in [0.15, 0.2) is 52.4 Å². The van der Waals surface area contributed by atoms with Crippen LogP contribution in [0.4, 0.5) is 5.69 Å². The molecule has 1 aliphatic heterocycles. The van der Waals surface area contributed by atoms with Crippen LogP contribution in [-0.4, -0.2) is 12.5 Å². The minimum atomic E-state index is -0.0929. The Bertz CT molecular complexity index is 864. The summed E-state index contributed by atoms with van der Waals surface area (Å²) < 4.78 is 0. The molecule has 3 rings (SSSR count). The molecule has 2 aromatic rings. The van der Waals surface area contributed by atoms with Gasteiger partial charge in [0.2, 0.25) is 0 Å². The van der Waals surface area contributed by atoms with Gasteiger partial charge in [0.05, 0.1) is 21.0 Å². The molecule has 0 aromatic heterocycles. The summed E-state index contributed by atoms with van der Waals surface area (Å²) in [6.07, 6.45) is 2.00. The molecule has 0 spiro atoms. The van der Waals surface area contributed by atoms with Gasteiger partial charge in [-0.1, -0.05) is 54.9 Å². The molecule has 3 nitrogen and oxygen atoms in total. The van der Waals surface area contributed by atoms with Gasteiger partial charge in [-0.3, -0.25) is 4.79 Å². The molecule has 0 unspecified atom stereocenters. The fraction of sp³-hybridized carbons (Fsp3) is 0.222. The van der Waals surface area contributed by atoms with E-state index in [1.165, 1.54) is 11.8 Å². The van der Waals surface area contributed by atoms with Crippen LogP contribution in [0.25, 0.3) is 4.91 Å². The van der Waals surface area contributed by atoms with Gasteiger partial charge in [-0.05, 0) is 30.7 Å². The number of carbonyl (C=O) groups is 1. The van der Waals surface area contributed by atoms with E-state index < -0.39 is 0 Å². The Hall–Kier alpha value is -1.78. The van der Waals surface area contributed by atoms with E-state index in [1.54, 1.807) is 6.07 Å². The summed E-state index contributed by atoms with van der Waals surface area (Å²) in [7, 11) is 0. The molecule has 0 atom stereocenters. The van der Waals surface area contributed by atoms with Crippen LogP contribution in [0, 0.1) is 0 Å². The van der Waals surface area contributed by atoms with Crippen LogP contribution in [-0.2, 0) is 4.79 Å². The standard InChI is InChI=1S/C18H17ClN2OS/c1-2-3-11-20-18(22)17-16-12(19)7-6-9-14(16)21-13-8-4-5-10-15(13)23-17/h4-10H,2-3,11H2,1H3,(H,20,22). The quantitative estimate of drug-likeness (QED) is 0.863. The second kappa shape index (κ2) is 7.20. The maximum atomic E-state index is 12.7. The Morgan fingerprint density at radius 2 is 2.04 bits per heavy atom. The van der Waals surface area contributed by atoms with Crippen molar-refractivity contribution in [3.63, 3.8) is 0 Å². The molecule has 1 heterocycles. The van der Waals surface area contributed by atoms with Crippen LogP contribution >= 0.6 is 23.4 Å². The Balaban J connectivity index is 2.15. The van der Waals surface area contributed by atoms with Gasteiger partial charge in [-0.2, -0.15) is 0 Å². The van der Waals surface area contributed by atoms with Crippen molar-refractivity contribution < 1.29 is 4.79 Å².